The summed E-state index contributed by atoms with van der Waals surface area (Å²) in [6.45, 7) is 1.99. The van der Waals surface area contributed by atoms with Crippen molar-refractivity contribution in [3.63, 3.8) is 0 Å². The monoisotopic (exact) mass is 319 g/mol. The lowest BCUT2D eigenvalue weighted by atomic mass is 10.0. The number of carbonyl (C=O) groups excluding carboxylic acids is 1. The quantitative estimate of drug-likeness (QED) is 0.897. The summed E-state index contributed by atoms with van der Waals surface area (Å²) in [5, 5.41) is 8.85. The van der Waals surface area contributed by atoms with Gasteiger partial charge in [-0.05, 0) is 25.5 Å². The predicted molar refractivity (Wildman–Crippen MR) is 88.2 cm³/mol. The minimum absolute atomic E-state index is 0.0354. The first-order chi connectivity index (χ1) is 11.0. The largest absolute Gasteiger partial charge is 0.480 e. The molecule has 23 heavy (non-hydrogen) atoms. The van der Waals surface area contributed by atoms with Gasteiger partial charge in [-0.25, -0.2) is 4.79 Å². The third-order valence-corrected chi connectivity index (χ3v) is 4.33. The molecule has 1 aliphatic heterocycles. The van der Waals surface area contributed by atoms with Gasteiger partial charge in [0, 0.05) is 32.7 Å². The minimum Gasteiger partial charge on any atom is -0.480 e. The number of carboxylic acids is 1. The van der Waals surface area contributed by atoms with Crippen LogP contribution in [0.2, 0.25) is 0 Å². The number of amides is 2. The maximum absolute atomic E-state index is 12.5. The molecule has 0 unspecified atom stereocenters. The average molecular weight is 319 g/mol. The molecule has 0 radical (unpaired) electrons. The van der Waals surface area contributed by atoms with E-state index < -0.39 is 5.97 Å². The van der Waals surface area contributed by atoms with Crippen LogP contribution in [0.15, 0.2) is 30.3 Å². The summed E-state index contributed by atoms with van der Waals surface area (Å²) in [6, 6.07) is 10.2. The van der Waals surface area contributed by atoms with Gasteiger partial charge in [-0.15, -0.1) is 0 Å². The number of nitrogens with zero attached hydrogens (tertiary/aromatic N) is 3. The van der Waals surface area contributed by atoms with E-state index in [1.165, 1.54) is 0 Å². The third-order valence-electron chi connectivity index (χ3n) is 4.33. The Kier molecular flexibility index (Phi) is 5.98. The second kappa shape index (κ2) is 7.97. The highest BCUT2D eigenvalue weighted by molar-refractivity contribution is 5.74. The van der Waals surface area contributed by atoms with Crippen LogP contribution in [0, 0.1) is 0 Å². The van der Waals surface area contributed by atoms with Gasteiger partial charge in [0.25, 0.3) is 0 Å². The Morgan fingerprint density at radius 3 is 2.35 bits per heavy atom. The number of likely N-dealkylation sites (tertiary alicyclic amines) is 1. The van der Waals surface area contributed by atoms with Crippen molar-refractivity contribution < 1.29 is 14.7 Å². The first kappa shape index (κ1) is 17.3. The van der Waals surface area contributed by atoms with Crippen LogP contribution in [-0.4, -0.2) is 71.6 Å². The fourth-order valence-corrected chi connectivity index (χ4v) is 3.01. The van der Waals surface area contributed by atoms with Crippen LogP contribution in [0.1, 0.15) is 18.4 Å². The predicted octanol–water partition coefficient (Wildman–Crippen LogP) is 1.72. The SMILES string of the molecule is CN(Cc1ccccc1)C(=O)N1CCC(N(C)CC(=O)O)CC1. The number of aliphatic carboxylic acids is 1. The summed E-state index contributed by atoms with van der Waals surface area (Å²) in [5.41, 5.74) is 1.11. The fraction of sp³-hybridized carbons (Fsp3) is 0.529. The summed E-state index contributed by atoms with van der Waals surface area (Å²) < 4.78 is 0. The fourth-order valence-electron chi connectivity index (χ4n) is 3.01. The second-order valence-electron chi connectivity index (χ2n) is 6.15. The maximum atomic E-state index is 12.5. The van der Waals surface area contributed by atoms with Gasteiger partial charge in [0.2, 0.25) is 0 Å². The highest BCUT2D eigenvalue weighted by Crippen LogP contribution is 2.17. The van der Waals surface area contributed by atoms with E-state index in [1.54, 1.807) is 4.90 Å². The van der Waals surface area contributed by atoms with Crippen LogP contribution in [0.25, 0.3) is 0 Å². The van der Waals surface area contributed by atoms with Crippen LogP contribution in [0.3, 0.4) is 0 Å². The number of piperidine rings is 1. The molecule has 1 heterocycles. The van der Waals surface area contributed by atoms with E-state index in [0.29, 0.717) is 19.6 Å². The number of hydrogen-bond donors (Lipinski definition) is 1. The molecule has 0 atom stereocenters. The Morgan fingerprint density at radius 1 is 1.17 bits per heavy atom. The van der Waals surface area contributed by atoms with Crippen LogP contribution < -0.4 is 0 Å². The molecule has 1 aromatic rings. The summed E-state index contributed by atoms with van der Waals surface area (Å²) >= 11 is 0. The molecule has 0 bridgehead atoms. The first-order valence-electron chi connectivity index (χ1n) is 7.93. The van der Waals surface area contributed by atoms with E-state index in [1.807, 2.05) is 54.2 Å². The van der Waals surface area contributed by atoms with Crippen molar-refractivity contribution in [1.82, 2.24) is 14.7 Å². The lowest BCUT2D eigenvalue weighted by Crippen LogP contribution is -2.49. The highest BCUT2D eigenvalue weighted by Gasteiger charge is 2.27. The molecule has 1 saturated heterocycles. The zero-order chi connectivity index (χ0) is 16.8. The Morgan fingerprint density at radius 2 is 1.78 bits per heavy atom. The molecule has 2 amide bonds. The first-order valence-corrected chi connectivity index (χ1v) is 7.93. The molecule has 0 aromatic heterocycles. The number of hydrogen-bond acceptors (Lipinski definition) is 3. The molecule has 2 rings (SSSR count). The van der Waals surface area contributed by atoms with Gasteiger partial charge in [0.1, 0.15) is 0 Å². The van der Waals surface area contributed by atoms with Gasteiger partial charge in [-0.2, -0.15) is 0 Å². The van der Waals surface area contributed by atoms with E-state index in [9.17, 15) is 9.59 Å². The highest BCUT2D eigenvalue weighted by atomic mass is 16.4. The summed E-state index contributed by atoms with van der Waals surface area (Å²) in [4.78, 5) is 28.7. The molecule has 1 fully saturated rings. The maximum Gasteiger partial charge on any atom is 0.320 e. The van der Waals surface area contributed by atoms with Crippen LogP contribution in [-0.2, 0) is 11.3 Å². The standard InChI is InChI=1S/C17H25N3O3/c1-18(13-16(21)22)15-8-10-20(11-9-15)17(23)19(2)12-14-6-4-3-5-7-14/h3-7,15H,8-13H2,1-2H3,(H,21,22). The van der Waals surface area contributed by atoms with E-state index in [-0.39, 0.29) is 18.6 Å². The van der Waals surface area contributed by atoms with Crippen molar-refractivity contribution in [2.24, 2.45) is 0 Å². The van der Waals surface area contributed by atoms with Gasteiger partial charge in [-0.1, -0.05) is 30.3 Å². The lowest BCUT2D eigenvalue weighted by Gasteiger charge is -2.37. The van der Waals surface area contributed by atoms with Gasteiger partial charge in [0.15, 0.2) is 0 Å². The van der Waals surface area contributed by atoms with Crippen LogP contribution in [0.5, 0.6) is 0 Å². The third kappa shape index (κ3) is 4.96. The van der Waals surface area contributed by atoms with Crippen molar-refractivity contribution in [2.45, 2.75) is 25.4 Å². The molecule has 0 spiro atoms. The molecule has 1 aromatic carbocycles. The smallest absolute Gasteiger partial charge is 0.320 e. The number of urea groups is 1. The zero-order valence-electron chi connectivity index (χ0n) is 13.8. The van der Waals surface area contributed by atoms with E-state index in [0.717, 1.165) is 18.4 Å². The second-order valence-corrected chi connectivity index (χ2v) is 6.15. The lowest BCUT2D eigenvalue weighted by molar-refractivity contribution is -0.138. The van der Waals surface area contributed by atoms with Gasteiger partial charge < -0.3 is 14.9 Å². The van der Waals surface area contributed by atoms with Gasteiger partial charge in [-0.3, -0.25) is 9.69 Å². The Bertz CT molecular complexity index is 527. The normalized spacial score (nSPS) is 15.7. The topological polar surface area (TPSA) is 64.1 Å². The molecule has 1 aliphatic rings. The van der Waals surface area contributed by atoms with Crippen molar-refractivity contribution in [3.05, 3.63) is 35.9 Å². The van der Waals surface area contributed by atoms with Crippen molar-refractivity contribution in [2.75, 3.05) is 33.7 Å². The Balaban J connectivity index is 1.82. The Labute approximate surface area is 137 Å². The zero-order valence-corrected chi connectivity index (χ0v) is 13.8. The number of carboxylic acid groups (broad SMARTS) is 1. The minimum atomic E-state index is -0.811. The molecule has 1 N–H and O–H groups in total. The number of rotatable bonds is 5. The number of carbonyl (C=O) groups is 2. The van der Waals surface area contributed by atoms with E-state index in [4.69, 9.17) is 5.11 Å². The molecule has 0 saturated carbocycles. The summed E-state index contributed by atoms with van der Waals surface area (Å²) in [6.07, 6.45) is 1.63. The summed E-state index contributed by atoms with van der Waals surface area (Å²) in [7, 11) is 3.65. The summed E-state index contributed by atoms with van der Waals surface area (Å²) in [5.74, 6) is -0.811. The van der Waals surface area contributed by atoms with Crippen molar-refractivity contribution in [3.8, 4) is 0 Å². The van der Waals surface area contributed by atoms with Gasteiger partial charge in [0.05, 0.1) is 6.54 Å². The average Bonchev–Trinajstić information content (AvgIpc) is 2.54. The van der Waals surface area contributed by atoms with Crippen molar-refractivity contribution in [1.29, 1.82) is 0 Å². The van der Waals surface area contributed by atoms with E-state index in [2.05, 4.69) is 0 Å². The van der Waals surface area contributed by atoms with Crippen LogP contribution >= 0.6 is 0 Å². The molecular weight excluding hydrogens is 294 g/mol. The number of likely N-dealkylation sites (N-methyl/N-ethyl adjacent to an activating group) is 1. The molecule has 6 nitrogen and oxygen atoms in total. The molecule has 126 valence electrons. The van der Waals surface area contributed by atoms with Crippen LogP contribution in [0.4, 0.5) is 4.79 Å². The molecular formula is C17H25N3O3. The molecule has 0 aliphatic carbocycles. The number of benzene rings is 1. The van der Waals surface area contributed by atoms with Gasteiger partial charge >= 0.3 is 12.0 Å². The molecule has 6 heteroatoms. The Hall–Kier alpha value is -2.08. The van der Waals surface area contributed by atoms with Crippen molar-refractivity contribution >= 4 is 12.0 Å². The van der Waals surface area contributed by atoms with E-state index >= 15 is 0 Å².